The largest absolute Gasteiger partial charge is 0.481 e. The van der Waals surface area contributed by atoms with Crippen molar-refractivity contribution in [1.29, 1.82) is 0 Å². The van der Waals surface area contributed by atoms with Crippen LogP contribution in [-0.4, -0.2) is 41.0 Å². The van der Waals surface area contributed by atoms with Gasteiger partial charge in [0.25, 0.3) is 0 Å². The maximum Gasteiger partial charge on any atom is 0.311 e. The van der Waals surface area contributed by atoms with Crippen LogP contribution in [0, 0.1) is 11.3 Å². The summed E-state index contributed by atoms with van der Waals surface area (Å²) in [5.74, 6) is -0.565. The minimum absolute atomic E-state index is 0. The molecule has 3 rings (SSSR count). The third kappa shape index (κ3) is 3.85. The van der Waals surface area contributed by atoms with E-state index in [1.54, 1.807) is 0 Å². The summed E-state index contributed by atoms with van der Waals surface area (Å²) >= 11 is 0. The molecule has 0 radical (unpaired) electrons. The average Bonchev–Trinajstić information content (AvgIpc) is 3.19. The van der Waals surface area contributed by atoms with Crippen molar-refractivity contribution in [1.82, 2.24) is 4.90 Å². The summed E-state index contributed by atoms with van der Waals surface area (Å²) in [6.45, 7) is 7.26. The lowest BCUT2D eigenvalue weighted by Gasteiger charge is -2.27. The molecule has 2 fully saturated rings. The van der Waals surface area contributed by atoms with Crippen LogP contribution in [0.25, 0.3) is 0 Å². The zero-order valence-electron chi connectivity index (χ0n) is 16.5. The van der Waals surface area contributed by atoms with Crippen LogP contribution in [0.15, 0.2) is 18.2 Å². The van der Waals surface area contributed by atoms with Gasteiger partial charge in [-0.25, -0.2) is 0 Å². The van der Waals surface area contributed by atoms with E-state index in [0.717, 1.165) is 48.9 Å². The number of halogens is 1. The molecule has 1 aliphatic heterocycles. The van der Waals surface area contributed by atoms with Gasteiger partial charge in [-0.2, -0.15) is 0 Å². The van der Waals surface area contributed by atoms with E-state index in [4.69, 9.17) is 0 Å². The number of hydrogen-bond donors (Lipinski definition) is 2. The molecule has 1 aromatic rings. The molecule has 0 aromatic heterocycles. The maximum absolute atomic E-state index is 12.9. The van der Waals surface area contributed by atoms with Gasteiger partial charge in [0.05, 0.1) is 11.5 Å². The predicted molar refractivity (Wildman–Crippen MR) is 110 cm³/mol. The highest BCUT2D eigenvalue weighted by Crippen LogP contribution is 2.49. The Hall–Kier alpha value is -1.59. The van der Waals surface area contributed by atoms with Gasteiger partial charge in [0.1, 0.15) is 0 Å². The van der Waals surface area contributed by atoms with Gasteiger partial charge < -0.3 is 10.4 Å². The van der Waals surface area contributed by atoms with Crippen molar-refractivity contribution in [3.63, 3.8) is 0 Å². The first-order valence-electron chi connectivity index (χ1n) is 9.82. The van der Waals surface area contributed by atoms with Gasteiger partial charge in [-0.3, -0.25) is 14.5 Å². The maximum atomic E-state index is 12.9. The van der Waals surface area contributed by atoms with Crippen molar-refractivity contribution in [3.8, 4) is 0 Å². The second kappa shape index (κ2) is 8.61. The van der Waals surface area contributed by atoms with Crippen molar-refractivity contribution in [2.24, 2.45) is 11.3 Å². The van der Waals surface area contributed by atoms with Gasteiger partial charge in [0.2, 0.25) is 5.91 Å². The van der Waals surface area contributed by atoms with E-state index in [0.29, 0.717) is 13.1 Å². The predicted octanol–water partition coefficient (Wildman–Crippen LogP) is 3.75. The molecule has 0 spiro atoms. The summed E-state index contributed by atoms with van der Waals surface area (Å²) in [5.41, 5.74) is 2.57. The zero-order valence-corrected chi connectivity index (χ0v) is 17.3. The lowest BCUT2D eigenvalue weighted by molar-refractivity contribution is -0.149. The molecule has 1 amide bonds. The standard InChI is InChI=1S/C21H30N2O3.ClH/c1-4-15-8-6-9-16(5-2)18(15)22-19(24)14(3)23-12-17-10-7-11-21(17,13-23)20(25)26;/h6,8-9,14,17H,4-5,7,10-13H2,1-3H3,(H,22,24)(H,25,26);1H/t14?,17-,21+;/m0./s1. The van der Waals surface area contributed by atoms with Gasteiger partial charge in [-0.15, -0.1) is 12.4 Å². The lowest BCUT2D eigenvalue weighted by atomic mass is 9.81. The molecule has 1 aromatic carbocycles. The summed E-state index contributed by atoms with van der Waals surface area (Å²) in [6.07, 6.45) is 4.40. The number of carbonyl (C=O) groups is 2. The Bertz CT molecular complexity index is 686. The number of nitrogens with one attached hydrogen (secondary N) is 1. The quantitative estimate of drug-likeness (QED) is 0.770. The smallest absolute Gasteiger partial charge is 0.311 e. The number of nitrogens with zero attached hydrogens (tertiary/aromatic N) is 1. The zero-order chi connectivity index (χ0) is 18.9. The highest BCUT2D eigenvalue weighted by atomic mass is 35.5. The molecule has 0 bridgehead atoms. The molecule has 2 aliphatic rings. The Kier molecular flexibility index (Phi) is 6.92. The van der Waals surface area contributed by atoms with Crippen LogP contribution >= 0.6 is 12.4 Å². The highest BCUT2D eigenvalue weighted by molar-refractivity contribution is 5.96. The topological polar surface area (TPSA) is 69.6 Å². The first kappa shape index (κ1) is 21.7. The molecule has 27 heavy (non-hydrogen) atoms. The number of para-hydroxylation sites is 1. The van der Waals surface area contributed by atoms with E-state index < -0.39 is 11.4 Å². The number of benzene rings is 1. The second-order valence-electron chi connectivity index (χ2n) is 7.80. The van der Waals surface area contributed by atoms with E-state index in [1.165, 1.54) is 0 Å². The lowest BCUT2D eigenvalue weighted by Crippen LogP contribution is -2.43. The van der Waals surface area contributed by atoms with Crippen LogP contribution in [0.2, 0.25) is 0 Å². The fourth-order valence-corrected chi connectivity index (χ4v) is 4.77. The van der Waals surface area contributed by atoms with Gasteiger partial charge in [-0.05, 0) is 49.7 Å². The number of aliphatic carboxylic acids is 1. The van der Waals surface area contributed by atoms with Crippen molar-refractivity contribution in [2.75, 3.05) is 18.4 Å². The summed E-state index contributed by atoms with van der Waals surface area (Å²) in [4.78, 5) is 26.9. The first-order chi connectivity index (χ1) is 12.4. The normalized spacial score (nSPS) is 25.5. The summed E-state index contributed by atoms with van der Waals surface area (Å²) in [5, 5.41) is 12.9. The Morgan fingerprint density at radius 3 is 2.44 bits per heavy atom. The highest BCUT2D eigenvalue weighted by Gasteiger charge is 2.55. The molecule has 1 unspecified atom stereocenters. The second-order valence-corrected chi connectivity index (χ2v) is 7.80. The number of hydrogen-bond acceptors (Lipinski definition) is 3. The molecular weight excluding hydrogens is 364 g/mol. The van der Waals surface area contributed by atoms with Crippen LogP contribution in [-0.2, 0) is 22.4 Å². The van der Waals surface area contributed by atoms with E-state index in [9.17, 15) is 14.7 Å². The van der Waals surface area contributed by atoms with Crippen LogP contribution in [0.1, 0.15) is 51.2 Å². The molecule has 1 aliphatic carbocycles. The van der Waals surface area contributed by atoms with Gasteiger partial charge in [-0.1, -0.05) is 38.5 Å². The molecule has 3 atom stereocenters. The molecular formula is C21H31ClN2O3. The van der Waals surface area contributed by atoms with Gasteiger partial charge >= 0.3 is 5.97 Å². The van der Waals surface area contributed by atoms with Crippen LogP contribution < -0.4 is 5.32 Å². The Morgan fingerprint density at radius 2 is 1.93 bits per heavy atom. The fourth-order valence-electron chi connectivity index (χ4n) is 4.77. The summed E-state index contributed by atoms with van der Waals surface area (Å²) < 4.78 is 0. The average molecular weight is 395 g/mol. The third-order valence-corrected chi connectivity index (χ3v) is 6.50. The number of carboxylic acids is 1. The molecule has 1 saturated heterocycles. The van der Waals surface area contributed by atoms with Crippen LogP contribution in [0.5, 0.6) is 0 Å². The number of carboxylic acid groups (broad SMARTS) is 1. The molecule has 1 heterocycles. The Labute approximate surface area is 167 Å². The Morgan fingerprint density at radius 1 is 1.30 bits per heavy atom. The van der Waals surface area contributed by atoms with Crippen molar-refractivity contribution < 1.29 is 14.7 Å². The molecule has 6 heteroatoms. The van der Waals surface area contributed by atoms with Crippen molar-refractivity contribution >= 4 is 30.0 Å². The van der Waals surface area contributed by atoms with Gasteiger partial charge in [0.15, 0.2) is 0 Å². The minimum Gasteiger partial charge on any atom is -0.481 e. The Balaban J connectivity index is 0.00000261. The van der Waals surface area contributed by atoms with Crippen molar-refractivity contribution in [3.05, 3.63) is 29.3 Å². The van der Waals surface area contributed by atoms with E-state index >= 15 is 0 Å². The number of amides is 1. The molecule has 1 saturated carbocycles. The summed E-state index contributed by atoms with van der Waals surface area (Å²) in [7, 11) is 0. The molecule has 2 N–H and O–H groups in total. The first-order valence-corrected chi connectivity index (χ1v) is 9.82. The minimum atomic E-state index is -0.695. The number of rotatable bonds is 6. The van der Waals surface area contributed by atoms with Crippen molar-refractivity contribution in [2.45, 2.75) is 58.9 Å². The van der Waals surface area contributed by atoms with Crippen LogP contribution in [0.4, 0.5) is 5.69 Å². The van der Waals surface area contributed by atoms with E-state index in [1.807, 2.05) is 13.0 Å². The van der Waals surface area contributed by atoms with E-state index in [-0.39, 0.29) is 30.3 Å². The number of carbonyl (C=O) groups excluding carboxylic acids is 1. The number of anilines is 1. The third-order valence-electron chi connectivity index (χ3n) is 6.50. The SMILES string of the molecule is CCc1cccc(CC)c1NC(=O)C(C)N1C[C@@H]2CCC[C@@]2(C(=O)O)C1.Cl. The molecule has 5 nitrogen and oxygen atoms in total. The molecule has 150 valence electrons. The number of fused-ring (bicyclic) bond motifs is 1. The monoisotopic (exact) mass is 394 g/mol. The van der Waals surface area contributed by atoms with Crippen LogP contribution in [0.3, 0.4) is 0 Å². The summed E-state index contributed by atoms with van der Waals surface area (Å²) in [6, 6.07) is 5.82. The fraction of sp³-hybridized carbons (Fsp3) is 0.619. The van der Waals surface area contributed by atoms with Gasteiger partial charge in [0, 0.05) is 18.8 Å². The van der Waals surface area contributed by atoms with E-state index in [2.05, 4.69) is 36.2 Å². The number of likely N-dealkylation sites (tertiary alicyclic amines) is 1. The number of aryl methyl sites for hydroxylation is 2.